The Kier molecular flexibility index (Phi) is 4.92. The molecule has 0 spiro atoms. The minimum absolute atomic E-state index is 0.957. The van der Waals surface area contributed by atoms with Gasteiger partial charge in [0.05, 0.1) is 0 Å². The normalized spacial score (nSPS) is 10.5. The van der Waals surface area contributed by atoms with E-state index < -0.39 is 0 Å². The number of hydrogen-bond acceptors (Lipinski definition) is 1. The van der Waals surface area contributed by atoms with Gasteiger partial charge in [-0.1, -0.05) is 36.4 Å². The standard InChI is InChI=1S/C15H15IS/c16-15-9-7-14(8-10-15)13-5-3-12(4-6-13)2-1-11-17/h3-10,17H,1-2,11H2. The third-order valence-electron chi connectivity index (χ3n) is 2.76. The molecule has 0 saturated carbocycles. The highest BCUT2D eigenvalue weighted by Gasteiger charge is 1.98. The molecule has 0 aromatic heterocycles. The van der Waals surface area contributed by atoms with E-state index in [9.17, 15) is 0 Å². The molecular formula is C15H15IS. The molecule has 0 heterocycles. The molecular weight excluding hydrogens is 339 g/mol. The molecule has 2 rings (SSSR count). The average molecular weight is 354 g/mol. The number of rotatable bonds is 4. The monoisotopic (exact) mass is 354 g/mol. The fourth-order valence-corrected chi connectivity index (χ4v) is 2.31. The first-order valence-electron chi connectivity index (χ1n) is 5.75. The Bertz CT molecular complexity index is 459. The number of benzene rings is 2. The molecule has 0 nitrogen and oxygen atoms in total. The number of halogens is 1. The summed E-state index contributed by atoms with van der Waals surface area (Å²) in [4.78, 5) is 0. The quantitative estimate of drug-likeness (QED) is 0.591. The third kappa shape index (κ3) is 3.75. The fraction of sp³-hybridized carbons (Fsp3) is 0.200. The van der Waals surface area contributed by atoms with Crippen molar-refractivity contribution < 1.29 is 0 Å². The van der Waals surface area contributed by atoms with Crippen molar-refractivity contribution in [3.8, 4) is 11.1 Å². The minimum atomic E-state index is 0.957. The van der Waals surface area contributed by atoms with Crippen molar-refractivity contribution in [2.24, 2.45) is 0 Å². The molecule has 2 aromatic rings. The summed E-state index contributed by atoms with van der Waals surface area (Å²) >= 11 is 6.57. The zero-order valence-corrected chi connectivity index (χ0v) is 12.6. The van der Waals surface area contributed by atoms with Crippen LogP contribution in [0.3, 0.4) is 0 Å². The molecule has 0 atom stereocenters. The topological polar surface area (TPSA) is 0 Å². The van der Waals surface area contributed by atoms with Gasteiger partial charge in [0.1, 0.15) is 0 Å². The Morgan fingerprint density at radius 2 is 1.35 bits per heavy atom. The highest BCUT2D eigenvalue weighted by atomic mass is 127. The lowest BCUT2D eigenvalue weighted by molar-refractivity contribution is 0.936. The summed E-state index contributed by atoms with van der Waals surface area (Å²) in [6, 6.07) is 17.5. The van der Waals surface area contributed by atoms with Gasteiger partial charge >= 0.3 is 0 Å². The maximum Gasteiger partial charge on any atom is 0.0130 e. The van der Waals surface area contributed by atoms with Gasteiger partial charge in [0.15, 0.2) is 0 Å². The molecule has 0 amide bonds. The molecule has 0 radical (unpaired) electrons. The maximum atomic E-state index is 4.24. The number of thiol groups is 1. The molecule has 0 unspecified atom stereocenters. The zero-order chi connectivity index (χ0) is 12.1. The first-order valence-corrected chi connectivity index (χ1v) is 7.46. The molecule has 0 aliphatic rings. The van der Waals surface area contributed by atoms with Crippen molar-refractivity contribution in [1.29, 1.82) is 0 Å². The Balaban J connectivity index is 2.14. The highest BCUT2D eigenvalue weighted by Crippen LogP contribution is 2.21. The van der Waals surface area contributed by atoms with E-state index in [1.165, 1.54) is 20.3 Å². The maximum absolute atomic E-state index is 4.24. The summed E-state index contributed by atoms with van der Waals surface area (Å²) in [5.41, 5.74) is 3.97. The summed E-state index contributed by atoms with van der Waals surface area (Å²) in [6.07, 6.45) is 2.27. The van der Waals surface area contributed by atoms with E-state index in [0.29, 0.717) is 0 Å². The summed E-state index contributed by atoms with van der Waals surface area (Å²) in [5, 5.41) is 0. The summed E-state index contributed by atoms with van der Waals surface area (Å²) in [6.45, 7) is 0. The molecule has 0 aliphatic carbocycles. The highest BCUT2D eigenvalue weighted by molar-refractivity contribution is 14.1. The smallest absolute Gasteiger partial charge is 0.0130 e. The zero-order valence-electron chi connectivity index (χ0n) is 9.57. The van der Waals surface area contributed by atoms with E-state index >= 15 is 0 Å². The Morgan fingerprint density at radius 3 is 1.88 bits per heavy atom. The second-order valence-corrected chi connectivity index (χ2v) is 5.72. The van der Waals surface area contributed by atoms with Crippen LogP contribution in [0.5, 0.6) is 0 Å². The van der Waals surface area contributed by atoms with Crippen LogP contribution < -0.4 is 0 Å². The van der Waals surface area contributed by atoms with E-state index in [1.807, 2.05) is 0 Å². The van der Waals surface area contributed by atoms with Crippen LogP contribution >= 0.6 is 35.2 Å². The molecule has 88 valence electrons. The van der Waals surface area contributed by atoms with Crippen LogP contribution in [0, 0.1) is 3.57 Å². The lowest BCUT2D eigenvalue weighted by Gasteiger charge is -2.04. The van der Waals surface area contributed by atoms with E-state index in [0.717, 1.165) is 18.6 Å². The lowest BCUT2D eigenvalue weighted by Crippen LogP contribution is -1.86. The molecule has 2 aromatic carbocycles. The second-order valence-electron chi connectivity index (χ2n) is 4.03. The predicted molar refractivity (Wildman–Crippen MR) is 86.8 cm³/mol. The van der Waals surface area contributed by atoms with Gasteiger partial charge in [-0.3, -0.25) is 0 Å². The molecule has 2 heteroatoms. The van der Waals surface area contributed by atoms with Crippen LogP contribution in [0.25, 0.3) is 11.1 Å². The summed E-state index contributed by atoms with van der Waals surface area (Å²) < 4.78 is 1.27. The summed E-state index contributed by atoms with van der Waals surface area (Å²) in [5.74, 6) is 0.957. The lowest BCUT2D eigenvalue weighted by atomic mass is 10.0. The van der Waals surface area contributed by atoms with Gasteiger partial charge in [-0.2, -0.15) is 12.6 Å². The number of hydrogen-bond donors (Lipinski definition) is 1. The van der Waals surface area contributed by atoms with Crippen LogP contribution in [0.1, 0.15) is 12.0 Å². The molecule has 0 bridgehead atoms. The Labute approximate surface area is 122 Å². The van der Waals surface area contributed by atoms with Crippen molar-refractivity contribution in [2.75, 3.05) is 5.75 Å². The molecule has 17 heavy (non-hydrogen) atoms. The van der Waals surface area contributed by atoms with Gasteiger partial charge in [0.2, 0.25) is 0 Å². The average Bonchev–Trinajstić information content (AvgIpc) is 2.38. The Hall–Kier alpha value is -0.480. The van der Waals surface area contributed by atoms with Crippen LogP contribution in [-0.2, 0) is 6.42 Å². The largest absolute Gasteiger partial charge is 0.179 e. The molecule has 0 saturated heterocycles. The first-order chi connectivity index (χ1) is 8.29. The van der Waals surface area contributed by atoms with Gasteiger partial charge < -0.3 is 0 Å². The molecule has 0 N–H and O–H groups in total. The van der Waals surface area contributed by atoms with E-state index in [-0.39, 0.29) is 0 Å². The summed E-state index contributed by atoms with van der Waals surface area (Å²) in [7, 11) is 0. The van der Waals surface area contributed by atoms with Crippen LogP contribution in [0.4, 0.5) is 0 Å². The van der Waals surface area contributed by atoms with Crippen molar-refractivity contribution in [3.05, 3.63) is 57.7 Å². The van der Waals surface area contributed by atoms with E-state index in [4.69, 9.17) is 0 Å². The van der Waals surface area contributed by atoms with Gasteiger partial charge in [-0.15, -0.1) is 0 Å². The van der Waals surface area contributed by atoms with Crippen molar-refractivity contribution >= 4 is 35.2 Å². The second kappa shape index (κ2) is 6.45. The first kappa shape index (κ1) is 13.0. The molecule has 0 fully saturated rings. The van der Waals surface area contributed by atoms with Crippen molar-refractivity contribution in [3.63, 3.8) is 0 Å². The molecule has 0 aliphatic heterocycles. The fourth-order valence-electron chi connectivity index (χ4n) is 1.79. The van der Waals surface area contributed by atoms with Crippen LogP contribution in [0.15, 0.2) is 48.5 Å². The van der Waals surface area contributed by atoms with Crippen LogP contribution in [0.2, 0.25) is 0 Å². The Morgan fingerprint density at radius 1 is 0.824 bits per heavy atom. The van der Waals surface area contributed by atoms with Crippen molar-refractivity contribution in [2.45, 2.75) is 12.8 Å². The third-order valence-corrected chi connectivity index (χ3v) is 3.79. The van der Waals surface area contributed by atoms with Gasteiger partial charge in [0, 0.05) is 3.57 Å². The minimum Gasteiger partial charge on any atom is -0.179 e. The van der Waals surface area contributed by atoms with E-state index in [1.54, 1.807) is 0 Å². The van der Waals surface area contributed by atoms with Gasteiger partial charge in [-0.05, 0) is 70.0 Å². The predicted octanol–water partition coefficient (Wildman–Crippen LogP) is 4.82. The van der Waals surface area contributed by atoms with Gasteiger partial charge in [0.25, 0.3) is 0 Å². The SMILES string of the molecule is SCCCc1ccc(-c2ccc(I)cc2)cc1. The van der Waals surface area contributed by atoms with Crippen LogP contribution in [-0.4, -0.2) is 5.75 Å². The van der Waals surface area contributed by atoms with E-state index in [2.05, 4.69) is 83.8 Å². The number of aryl methyl sites for hydroxylation is 1. The van der Waals surface area contributed by atoms with Crippen molar-refractivity contribution in [1.82, 2.24) is 0 Å². The van der Waals surface area contributed by atoms with Gasteiger partial charge in [-0.25, -0.2) is 0 Å².